The van der Waals surface area contributed by atoms with E-state index in [2.05, 4.69) is 19.2 Å². The van der Waals surface area contributed by atoms with E-state index in [1.54, 1.807) is 24.3 Å². The van der Waals surface area contributed by atoms with Crippen LogP contribution < -0.4 is 5.32 Å². The summed E-state index contributed by atoms with van der Waals surface area (Å²) >= 11 is 5.76. The number of amides is 1. The van der Waals surface area contributed by atoms with Crippen molar-refractivity contribution in [2.45, 2.75) is 33.2 Å². The largest absolute Gasteiger partial charge is 0.350 e. The Morgan fingerprint density at radius 2 is 1.81 bits per heavy atom. The third-order valence-electron chi connectivity index (χ3n) is 2.31. The Labute approximate surface area is 102 Å². The lowest BCUT2D eigenvalue weighted by atomic mass is 10.0. The first-order valence-electron chi connectivity index (χ1n) is 5.55. The van der Waals surface area contributed by atoms with Crippen LogP contribution in [0.3, 0.4) is 0 Å². The minimum absolute atomic E-state index is 0.0372. The summed E-state index contributed by atoms with van der Waals surface area (Å²) in [5.41, 5.74) is 0.653. The molecule has 0 fully saturated rings. The Morgan fingerprint density at radius 1 is 1.25 bits per heavy atom. The quantitative estimate of drug-likeness (QED) is 0.856. The van der Waals surface area contributed by atoms with E-state index in [1.807, 2.05) is 6.92 Å². The second-order valence-electron chi connectivity index (χ2n) is 4.51. The van der Waals surface area contributed by atoms with Gasteiger partial charge >= 0.3 is 0 Å². The Balaban J connectivity index is 2.55. The van der Waals surface area contributed by atoms with E-state index in [4.69, 9.17) is 11.6 Å². The molecule has 0 heterocycles. The number of benzene rings is 1. The highest BCUT2D eigenvalue weighted by molar-refractivity contribution is 6.30. The van der Waals surface area contributed by atoms with Crippen molar-refractivity contribution in [3.8, 4) is 0 Å². The van der Waals surface area contributed by atoms with Gasteiger partial charge in [-0.05, 0) is 43.5 Å². The molecule has 88 valence electrons. The number of rotatable bonds is 4. The second kappa shape index (κ2) is 5.90. The zero-order valence-electron chi connectivity index (χ0n) is 9.96. The summed E-state index contributed by atoms with van der Waals surface area (Å²) in [6.45, 7) is 6.31. The van der Waals surface area contributed by atoms with Crippen molar-refractivity contribution in [3.63, 3.8) is 0 Å². The van der Waals surface area contributed by atoms with Crippen LogP contribution in [0.4, 0.5) is 0 Å². The molecule has 0 unspecified atom stereocenters. The maximum Gasteiger partial charge on any atom is 0.251 e. The van der Waals surface area contributed by atoms with Gasteiger partial charge < -0.3 is 5.32 Å². The number of carbonyl (C=O) groups is 1. The van der Waals surface area contributed by atoms with Crippen molar-refractivity contribution in [2.75, 3.05) is 0 Å². The molecule has 1 rings (SSSR count). The number of nitrogens with one attached hydrogen (secondary N) is 1. The van der Waals surface area contributed by atoms with Gasteiger partial charge in [-0.1, -0.05) is 25.4 Å². The molecule has 16 heavy (non-hydrogen) atoms. The van der Waals surface area contributed by atoms with Crippen LogP contribution in [0.1, 0.15) is 37.6 Å². The van der Waals surface area contributed by atoms with Gasteiger partial charge in [0.2, 0.25) is 0 Å². The highest BCUT2D eigenvalue weighted by Crippen LogP contribution is 2.10. The van der Waals surface area contributed by atoms with Crippen LogP contribution in [-0.2, 0) is 0 Å². The van der Waals surface area contributed by atoms with Crippen LogP contribution in [0.15, 0.2) is 24.3 Å². The molecule has 0 radical (unpaired) electrons. The Morgan fingerprint density at radius 3 is 2.31 bits per heavy atom. The topological polar surface area (TPSA) is 29.1 Å². The first kappa shape index (κ1) is 13.0. The molecular formula is C13H18ClNO. The third kappa shape index (κ3) is 4.23. The number of hydrogen-bond acceptors (Lipinski definition) is 1. The van der Waals surface area contributed by atoms with Crippen LogP contribution in [0, 0.1) is 5.92 Å². The van der Waals surface area contributed by atoms with Gasteiger partial charge in [0.25, 0.3) is 5.91 Å². The predicted molar refractivity (Wildman–Crippen MR) is 67.8 cm³/mol. The van der Waals surface area contributed by atoms with E-state index < -0.39 is 0 Å². The molecular weight excluding hydrogens is 222 g/mol. The summed E-state index contributed by atoms with van der Waals surface area (Å²) in [7, 11) is 0. The normalized spacial score (nSPS) is 12.6. The fourth-order valence-corrected chi connectivity index (χ4v) is 1.80. The lowest BCUT2D eigenvalue weighted by molar-refractivity contribution is 0.0936. The van der Waals surface area contributed by atoms with Crippen molar-refractivity contribution >= 4 is 17.5 Å². The minimum Gasteiger partial charge on any atom is -0.350 e. The SMILES string of the molecule is CC(C)C[C@H](C)NC(=O)c1ccc(Cl)cc1. The van der Waals surface area contributed by atoms with Gasteiger partial charge in [0.1, 0.15) is 0 Å². The van der Waals surface area contributed by atoms with Crippen LogP contribution in [0.5, 0.6) is 0 Å². The summed E-state index contributed by atoms with van der Waals surface area (Å²) in [5, 5.41) is 3.61. The smallest absolute Gasteiger partial charge is 0.251 e. The molecule has 0 saturated carbocycles. The minimum atomic E-state index is -0.0372. The standard InChI is InChI=1S/C13H18ClNO/c1-9(2)8-10(3)15-13(16)11-4-6-12(14)7-5-11/h4-7,9-10H,8H2,1-3H3,(H,15,16)/t10-/m0/s1. The van der Waals surface area contributed by atoms with E-state index in [0.29, 0.717) is 16.5 Å². The first-order chi connectivity index (χ1) is 7.49. The summed E-state index contributed by atoms with van der Waals surface area (Å²) in [5.74, 6) is 0.547. The molecule has 1 atom stereocenters. The van der Waals surface area contributed by atoms with Crippen LogP contribution in [0.25, 0.3) is 0 Å². The Bertz CT molecular complexity index is 345. The molecule has 0 aliphatic carbocycles. The molecule has 0 spiro atoms. The maximum atomic E-state index is 11.8. The molecule has 0 bridgehead atoms. The molecule has 0 saturated heterocycles. The van der Waals surface area contributed by atoms with Gasteiger partial charge in [0, 0.05) is 16.6 Å². The van der Waals surface area contributed by atoms with E-state index in [1.165, 1.54) is 0 Å². The van der Waals surface area contributed by atoms with Crippen LogP contribution in [0.2, 0.25) is 5.02 Å². The van der Waals surface area contributed by atoms with Crippen molar-refractivity contribution in [3.05, 3.63) is 34.9 Å². The first-order valence-corrected chi connectivity index (χ1v) is 5.93. The molecule has 3 heteroatoms. The maximum absolute atomic E-state index is 11.8. The van der Waals surface area contributed by atoms with Crippen molar-refractivity contribution < 1.29 is 4.79 Å². The van der Waals surface area contributed by atoms with Gasteiger partial charge in [-0.2, -0.15) is 0 Å². The highest BCUT2D eigenvalue weighted by Gasteiger charge is 2.10. The fourth-order valence-electron chi connectivity index (χ4n) is 1.67. The lowest BCUT2D eigenvalue weighted by Gasteiger charge is -2.15. The van der Waals surface area contributed by atoms with Crippen molar-refractivity contribution in [1.82, 2.24) is 5.32 Å². The fraction of sp³-hybridized carbons (Fsp3) is 0.462. The second-order valence-corrected chi connectivity index (χ2v) is 4.95. The third-order valence-corrected chi connectivity index (χ3v) is 2.56. The van der Waals surface area contributed by atoms with Gasteiger partial charge in [0.05, 0.1) is 0 Å². The van der Waals surface area contributed by atoms with Crippen LogP contribution in [-0.4, -0.2) is 11.9 Å². The van der Waals surface area contributed by atoms with E-state index in [-0.39, 0.29) is 11.9 Å². The lowest BCUT2D eigenvalue weighted by Crippen LogP contribution is -2.33. The molecule has 0 aliphatic rings. The Hall–Kier alpha value is -1.02. The average molecular weight is 240 g/mol. The zero-order valence-corrected chi connectivity index (χ0v) is 10.7. The highest BCUT2D eigenvalue weighted by atomic mass is 35.5. The molecule has 0 aromatic heterocycles. The predicted octanol–water partition coefficient (Wildman–Crippen LogP) is 3.50. The van der Waals surface area contributed by atoms with Gasteiger partial charge in [0.15, 0.2) is 0 Å². The van der Waals surface area contributed by atoms with E-state index >= 15 is 0 Å². The number of halogens is 1. The molecule has 1 aromatic rings. The average Bonchev–Trinajstić information content (AvgIpc) is 2.16. The van der Waals surface area contributed by atoms with Crippen molar-refractivity contribution in [1.29, 1.82) is 0 Å². The zero-order chi connectivity index (χ0) is 12.1. The molecule has 1 aromatic carbocycles. The molecule has 1 amide bonds. The summed E-state index contributed by atoms with van der Waals surface area (Å²) in [6.07, 6.45) is 0.985. The number of carbonyl (C=O) groups excluding carboxylic acids is 1. The summed E-state index contributed by atoms with van der Waals surface area (Å²) in [4.78, 5) is 11.8. The van der Waals surface area contributed by atoms with Crippen LogP contribution >= 0.6 is 11.6 Å². The molecule has 0 aliphatic heterocycles. The van der Waals surface area contributed by atoms with E-state index in [9.17, 15) is 4.79 Å². The molecule has 2 nitrogen and oxygen atoms in total. The summed E-state index contributed by atoms with van der Waals surface area (Å²) < 4.78 is 0. The van der Waals surface area contributed by atoms with Crippen molar-refractivity contribution in [2.24, 2.45) is 5.92 Å². The van der Waals surface area contributed by atoms with Gasteiger partial charge in [-0.25, -0.2) is 0 Å². The van der Waals surface area contributed by atoms with Gasteiger partial charge in [-0.3, -0.25) is 4.79 Å². The monoisotopic (exact) mass is 239 g/mol. The van der Waals surface area contributed by atoms with E-state index in [0.717, 1.165) is 6.42 Å². The summed E-state index contributed by atoms with van der Waals surface area (Å²) in [6, 6.07) is 7.12. The number of hydrogen-bond donors (Lipinski definition) is 1. The molecule has 1 N–H and O–H groups in total. The van der Waals surface area contributed by atoms with Gasteiger partial charge in [-0.15, -0.1) is 0 Å². The Kier molecular flexibility index (Phi) is 4.81.